The molecule has 0 spiro atoms. The van der Waals surface area contributed by atoms with Gasteiger partial charge in [0.05, 0.1) is 6.10 Å². The summed E-state index contributed by atoms with van der Waals surface area (Å²) in [5.41, 5.74) is 6.78. The standard InChI is InChI=1S/C11H17FN2O/c1-14(2)10-7-8(12)3-4-9(10)11(15)5-6-13/h3-4,7,11,15H,5-6,13H2,1-2H3. The SMILES string of the molecule is CN(C)c1cc(F)ccc1C(O)CCN. The van der Waals surface area contributed by atoms with E-state index in [2.05, 4.69) is 0 Å². The van der Waals surface area contributed by atoms with E-state index in [4.69, 9.17) is 5.73 Å². The Morgan fingerprint density at radius 2 is 2.13 bits per heavy atom. The normalized spacial score (nSPS) is 12.6. The van der Waals surface area contributed by atoms with E-state index in [-0.39, 0.29) is 5.82 Å². The van der Waals surface area contributed by atoms with Crippen LogP contribution < -0.4 is 10.6 Å². The third kappa shape index (κ3) is 2.91. The maximum absolute atomic E-state index is 13.0. The van der Waals surface area contributed by atoms with Gasteiger partial charge in [-0.2, -0.15) is 0 Å². The molecule has 0 bridgehead atoms. The number of rotatable bonds is 4. The molecule has 15 heavy (non-hydrogen) atoms. The van der Waals surface area contributed by atoms with Gasteiger partial charge in [0.2, 0.25) is 0 Å². The van der Waals surface area contributed by atoms with Crippen LogP contribution in [0.2, 0.25) is 0 Å². The first-order valence-corrected chi connectivity index (χ1v) is 4.91. The van der Waals surface area contributed by atoms with Crippen LogP contribution >= 0.6 is 0 Å². The number of benzene rings is 1. The molecule has 0 amide bonds. The quantitative estimate of drug-likeness (QED) is 0.790. The molecule has 4 heteroatoms. The Bertz CT molecular complexity index is 328. The van der Waals surface area contributed by atoms with E-state index in [1.807, 2.05) is 14.1 Å². The van der Waals surface area contributed by atoms with Gasteiger partial charge in [-0.3, -0.25) is 0 Å². The molecule has 1 unspecified atom stereocenters. The summed E-state index contributed by atoms with van der Waals surface area (Å²) in [5, 5.41) is 9.81. The lowest BCUT2D eigenvalue weighted by Gasteiger charge is -2.20. The van der Waals surface area contributed by atoms with E-state index in [0.29, 0.717) is 24.2 Å². The number of hydrogen-bond donors (Lipinski definition) is 2. The molecule has 1 aromatic carbocycles. The zero-order valence-corrected chi connectivity index (χ0v) is 9.07. The summed E-state index contributed by atoms with van der Waals surface area (Å²) in [5.74, 6) is -0.303. The van der Waals surface area contributed by atoms with Crippen LogP contribution in [0, 0.1) is 5.82 Å². The number of nitrogens with two attached hydrogens (primary N) is 1. The van der Waals surface area contributed by atoms with Gasteiger partial charge in [0.25, 0.3) is 0 Å². The molecule has 0 aliphatic heterocycles. The molecule has 0 fully saturated rings. The predicted octanol–water partition coefficient (Wildman–Crippen LogP) is 1.27. The molecule has 84 valence electrons. The van der Waals surface area contributed by atoms with E-state index >= 15 is 0 Å². The Kier molecular flexibility index (Phi) is 4.05. The van der Waals surface area contributed by atoms with Gasteiger partial charge in [-0.15, -0.1) is 0 Å². The lowest BCUT2D eigenvalue weighted by molar-refractivity contribution is 0.170. The second kappa shape index (κ2) is 5.09. The van der Waals surface area contributed by atoms with Crippen LogP contribution in [0.4, 0.5) is 10.1 Å². The van der Waals surface area contributed by atoms with Crippen molar-refractivity contribution in [2.24, 2.45) is 5.73 Å². The number of hydrogen-bond acceptors (Lipinski definition) is 3. The largest absolute Gasteiger partial charge is 0.388 e. The van der Waals surface area contributed by atoms with E-state index < -0.39 is 6.10 Å². The highest BCUT2D eigenvalue weighted by atomic mass is 19.1. The lowest BCUT2D eigenvalue weighted by atomic mass is 10.0. The Morgan fingerprint density at radius 1 is 1.47 bits per heavy atom. The summed E-state index contributed by atoms with van der Waals surface area (Å²) >= 11 is 0. The van der Waals surface area contributed by atoms with Crippen LogP contribution in [0.25, 0.3) is 0 Å². The number of nitrogens with zero attached hydrogens (tertiary/aromatic N) is 1. The second-order valence-corrected chi connectivity index (χ2v) is 3.69. The van der Waals surface area contributed by atoms with Crippen LogP contribution in [0.1, 0.15) is 18.1 Å². The van der Waals surface area contributed by atoms with Crippen molar-refractivity contribution >= 4 is 5.69 Å². The van der Waals surface area contributed by atoms with E-state index in [9.17, 15) is 9.50 Å². The highest BCUT2D eigenvalue weighted by molar-refractivity contribution is 5.53. The van der Waals surface area contributed by atoms with Crippen molar-refractivity contribution in [1.29, 1.82) is 0 Å². The third-order valence-electron chi connectivity index (χ3n) is 2.27. The van der Waals surface area contributed by atoms with Gasteiger partial charge in [0.15, 0.2) is 0 Å². The van der Waals surface area contributed by atoms with Crippen molar-refractivity contribution in [3.63, 3.8) is 0 Å². The second-order valence-electron chi connectivity index (χ2n) is 3.69. The average molecular weight is 212 g/mol. The molecule has 0 radical (unpaired) electrons. The van der Waals surface area contributed by atoms with Crippen molar-refractivity contribution in [3.8, 4) is 0 Å². The molecule has 3 nitrogen and oxygen atoms in total. The Balaban J connectivity index is 3.05. The van der Waals surface area contributed by atoms with Crippen LogP contribution in [-0.2, 0) is 0 Å². The molecule has 3 N–H and O–H groups in total. The lowest BCUT2D eigenvalue weighted by Crippen LogP contribution is -2.15. The van der Waals surface area contributed by atoms with Gasteiger partial charge in [-0.25, -0.2) is 4.39 Å². The Morgan fingerprint density at radius 3 is 2.67 bits per heavy atom. The molecular formula is C11H17FN2O. The number of aliphatic hydroxyl groups is 1. The fourth-order valence-electron chi connectivity index (χ4n) is 1.50. The summed E-state index contributed by atoms with van der Waals surface area (Å²) in [6.07, 6.45) is -0.153. The molecule has 0 saturated heterocycles. The summed E-state index contributed by atoms with van der Waals surface area (Å²) in [6, 6.07) is 4.36. The minimum absolute atomic E-state index is 0.303. The first-order chi connectivity index (χ1) is 7.06. The van der Waals surface area contributed by atoms with Gasteiger partial charge >= 0.3 is 0 Å². The summed E-state index contributed by atoms with van der Waals surface area (Å²) in [6.45, 7) is 0.408. The van der Waals surface area contributed by atoms with E-state index in [0.717, 1.165) is 0 Å². The average Bonchev–Trinajstić information content (AvgIpc) is 2.17. The third-order valence-corrected chi connectivity index (χ3v) is 2.27. The molecule has 1 rings (SSSR count). The molecule has 0 aliphatic carbocycles. The molecular weight excluding hydrogens is 195 g/mol. The van der Waals surface area contributed by atoms with Crippen molar-refractivity contribution in [1.82, 2.24) is 0 Å². The fraction of sp³-hybridized carbons (Fsp3) is 0.455. The fourth-order valence-corrected chi connectivity index (χ4v) is 1.50. The van der Waals surface area contributed by atoms with Crippen molar-refractivity contribution in [2.45, 2.75) is 12.5 Å². The van der Waals surface area contributed by atoms with Crippen molar-refractivity contribution in [2.75, 3.05) is 25.5 Å². The smallest absolute Gasteiger partial charge is 0.125 e. The van der Waals surface area contributed by atoms with Gasteiger partial charge in [0.1, 0.15) is 5.82 Å². The topological polar surface area (TPSA) is 49.5 Å². The van der Waals surface area contributed by atoms with Gasteiger partial charge in [-0.1, -0.05) is 6.07 Å². The molecule has 0 heterocycles. The predicted molar refractivity (Wildman–Crippen MR) is 59.4 cm³/mol. The molecule has 1 aromatic rings. The molecule has 0 saturated carbocycles. The summed E-state index contributed by atoms with van der Waals surface area (Å²) < 4.78 is 13.0. The summed E-state index contributed by atoms with van der Waals surface area (Å²) in [7, 11) is 3.63. The van der Waals surface area contributed by atoms with Crippen LogP contribution in [-0.4, -0.2) is 25.7 Å². The van der Waals surface area contributed by atoms with E-state index in [1.54, 1.807) is 11.0 Å². The van der Waals surface area contributed by atoms with Crippen LogP contribution in [0.15, 0.2) is 18.2 Å². The first kappa shape index (κ1) is 11.9. The zero-order valence-electron chi connectivity index (χ0n) is 9.07. The maximum Gasteiger partial charge on any atom is 0.125 e. The highest BCUT2D eigenvalue weighted by Gasteiger charge is 2.13. The number of anilines is 1. The highest BCUT2D eigenvalue weighted by Crippen LogP contribution is 2.27. The number of aliphatic hydroxyl groups excluding tert-OH is 1. The van der Waals surface area contributed by atoms with Gasteiger partial charge < -0.3 is 15.7 Å². The van der Waals surface area contributed by atoms with Crippen LogP contribution in [0.5, 0.6) is 0 Å². The van der Waals surface area contributed by atoms with Crippen molar-refractivity contribution in [3.05, 3.63) is 29.6 Å². The zero-order chi connectivity index (χ0) is 11.4. The van der Waals surface area contributed by atoms with Crippen LogP contribution in [0.3, 0.4) is 0 Å². The first-order valence-electron chi connectivity index (χ1n) is 4.91. The molecule has 1 atom stereocenters. The minimum atomic E-state index is -0.631. The molecule has 0 aliphatic rings. The van der Waals surface area contributed by atoms with Gasteiger partial charge in [-0.05, 0) is 25.1 Å². The van der Waals surface area contributed by atoms with Crippen molar-refractivity contribution < 1.29 is 9.50 Å². The van der Waals surface area contributed by atoms with Gasteiger partial charge in [0, 0.05) is 25.3 Å². The Labute approximate surface area is 89.3 Å². The minimum Gasteiger partial charge on any atom is -0.388 e. The summed E-state index contributed by atoms with van der Waals surface area (Å²) in [4.78, 5) is 1.78. The molecule has 0 aromatic heterocycles. The van der Waals surface area contributed by atoms with E-state index in [1.165, 1.54) is 12.1 Å². The Hall–Kier alpha value is -1.13. The number of halogens is 1. The maximum atomic E-state index is 13.0. The monoisotopic (exact) mass is 212 g/mol.